The molecule has 3 N–H and O–H groups in total. The molecule has 0 saturated heterocycles. The number of aromatic carboxylic acids is 1. The monoisotopic (exact) mass is 295 g/mol. The molecule has 0 amide bonds. The molecule has 22 heavy (non-hydrogen) atoms. The van der Waals surface area contributed by atoms with E-state index < -0.39 is 5.97 Å². The molecule has 110 valence electrons. The fourth-order valence-electron chi connectivity index (χ4n) is 2.08. The van der Waals surface area contributed by atoms with E-state index in [4.69, 9.17) is 15.4 Å². The van der Waals surface area contributed by atoms with Crippen molar-refractivity contribution in [2.45, 2.75) is 6.54 Å². The predicted octanol–water partition coefficient (Wildman–Crippen LogP) is 2.56. The van der Waals surface area contributed by atoms with E-state index in [2.05, 4.69) is 10.1 Å². The average Bonchev–Trinajstić information content (AvgIpc) is 3.05. The topological polar surface area (TPSA) is 102 Å². The van der Waals surface area contributed by atoms with Crippen LogP contribution in [0.1, 0.15) is 15.9 Å². The highest BCUT2D eigenvalue weighted by molar-refractivity contribution is 5.89. The van der Waals surface area contributed by atoms with E-state index in [-0.39, 0.29) is 5.56 Å². The lowest BCUT2D eigenvalue weighted by molar-refractivity contribution is 0.0697. The highest BCUT2D eigenvalue weighted by Gasteiger charge is 2.12. The van der Waals surface area contributed by atoms with E-state index in [1.165, 1.54) is 12.1 Å². The zero-order chi connectivity index (χ0) is 15.5. The zero-order valence-corrected chi connectivity index (χ0v) is 11.6. The Morgan fingerprint density at radius 2 is 1.91 bits per heavy atom. The Balaban J connectivity index is 1.96. The molecule has 2 aromatic carbocycles. The van der Waals surface area contributed by atoms with Crippen molar-refractivity contribution in [1.82, 2.24) is 10.1 Å². The summed E-state index contributed by atoms with van der Waals surface area (Å²) < 4.78 is 5.26. The molecule has 6 heteroatoms. The van der Waals surface area contributed by atoms with Gasteiger partial charge in [0.1, 0.15) is 0 Å². The van der Waals surface area contributed by atoms with Crippen molar-refractivity contribution in [3.8, 4) is 22.8 Å². The van der Waals surface area contributed by atoms with Crippen LogP contribution in [0.4, 0.5) is 0 Å². The maximum atomic E-state index is 11.0. The molecule has 0 aliphatic carbocycles. The van der Waals surface area contributed by atoms with Crippen LogP contribution in [0.2, 0.25) is 0 Å². The van der Waals surface area contributed by atoms with Crippen LogP contribution in [0.5, 0.6) is 0 Å². The van der Waals surface area contributed by atoms with Crippen molar-refractivity contribution in [3.63, 3.8) is 0 Å². The molecule has 0 spiro atoms. The SMILES string of the molecule is NCc1cccc(-c2nc(-c3cccc(C(=O)O)c3)no2)c1. The van der Waals surface area contributed by atoms with E-state index in [0.29, 0.717) is 23.8 Å². The van der Waals surface area contributed by atoms with Crippen molar-refractivity contribution in [2.75, 3.05) is 0 Å². The van der Waals surface area contributed by atoms with Crippen LogP contribution >= 0.6 is 0 Å². The molecule has 0 saturated carbocycles. The van der Waals surface area contributed by atoms with Gasteiger partial charge in [0.2, 0.25) is 5.82 Å². The molecule has 3 aromatic rings. The van der Waals surface area contributed by atoms with Crippen molar-refractivity contribution in [1.29, 1.82) is 0 Å². The highest BCUT2D eigenvalue weighted by Crippen LogP contribution is 2.23. The van der Waals surface area contributed by atoms with Crippen LogP contribution < -0.4 is 5.73 Å². The normalized spacial score (nSPS) is 10.6. The Hall–Kier alpha value is -2.99. The Morgan fingerprint density at radius 3 is 2.68 bits per heavy atom. The number of aromatic nitrogens is 2. The molecule has 1 heterocycles. The lowest BCUT2D eigenvalue weighted by atomic mass is 10.1. The predicted molar refractivity (Wildman–Crippen MR) is 80.0 cm³/mol. The molecule has 0 atom stereocenters. The zero-order valence-electron chi connectivity index (χ0n) is 11.6. The number of hydrogen-bond donors (Lipinski definition) is 2. The van der Waals surface area contributed by atoms with Gasteiger partial charge in [-0.05, 0) is 29.8 Å². The smallest absolute Gasteiger partial charge is 0.335 e. The number of carbonyl (C=O) groups is 1. The summed E-state index contributed by atoms with van der Waals surface area (Å²) in [6.45, 7) is 0.426. The number of carboxylic acid groups (broad SMARTS) is 1. The molecule has 0 aliphatic rings. The van der Waals surface area contributed by atoms with Crippen LogP contribution in [-0.2, 0) is 6.54 Å². The first-order valence-electron chi connectivity index (χ1n) is 6.64. The van der Waals surface area contributed by atoms with Crippen LogP contribution in [0, 0.1) is 0 Å². The van der Waals surface area contributed by atoms with Gasteiger partial charge in [-0.3, -0.25) is 0 Å². The number of hydrogen-bond acceptors (Lipinski definition) is 5. The summed E-state index contributed by atoms with van der Waals surface area (Å²) in [6.07, 6.45) is 0. The minimum Gasteiger partial charge on any atom is -0.478 e. The highest BCUT2D eigenvalue weighted by atomic mass is 16.5. The quantitative estimate of drug-likeness (QED) is 0.767. The van der Waals surface area contributed by atoms with Crippen LogP contribution in [0.15, 0.2) is 53.1 Å². The summed E-state index contributed by atoms with van der Waals surface area (Å²) >= 11 is 0. The average molecular weight is 295 g/mol. The molecule has 0 unspecified atom stereocenters. The van der Waals surface area contributed by atoms with Crippen molar-refractivity contribution >= 4 is 5.97 Å². The molecule has 3 rings (SSSR count). The summed E-state index contributed by atoms with van der Waals surface area (Å²) in [5.74, 6) is -0.288. The van der Waals surface area contributed by atoms with Gasteiger partial charge in [-0.15, -0.1) is 0 Å². The number of carboxylic acids is 1. The van der Waals surface area contributed by atoms with E-state index >= 15 is 0 Å². The maximum Gasteiger partial charge on any atom is 0.335 e. The minimum absolute atomic E-state index is 0.175. The summed E-state index contributed by atoms with van der Waals surface area (Å²) in [4.78, 5) is 15.3. The molecule has 0 aliphatic heterocycles. The molecule has 0 bridgehead atoms. The minimum atomic E-state index is -0.999. The van der Waals surface area contributed by atoms with Gasteiger partial charge >= 0.3 is 5.97 Å². The summed E-state index contributed by atoms with van der Waals surface area (Å²) in [5, 5.41) is 12.9. The van der Waals surface area contributed by atoms with Crippen molar-refractivity contribution in [2.24, 2.45) is 5.73 Å². The third-order valence-corrected chi connectivity index (χ3v) is 3.20. The first-order chi connectivity index (χ1) is 10.7. The molecular weight excluding hydrogens is 282 g/mol. The third-order valence-electron chi connectivity index (χ3n) is 3.20. The Labute approximate surface area is 126 Å². The van der Waals surface area contributed by atoms with Gasteiger partial charge in [0.05, 0.1) is 5.56 Å². The van der Waals surface area contributed by atoms with Gasteiger partial charge in [0, 0.05) is 17.7 Å². The number of nitrogens with two attached hydrogens (primary N) is 1. The lowest BCUT2D eigenvalue weighted by Crippen LogP contribution is -1.96. The third kappa shape index (κ3) is 2.72. The van der Waals surface area contributed by atoms with Gasteiger partial charge < -0.3 is 15.4 Å². The second-order valence-electron chi connectivity index (χ2n) is 4.71. The Kier molecular flexibility index (Phi) is 3.67. The van der Waals surface area contributed by atoms with Gasteiger partial charge in [-0.2, -0.15) is 4.98 Å². The lowest BCUT2D eigenvalue weighted by Gasteiger charge is -1.98. The van der Waals surface area contributed by atoms with Gasteiger partial charge in [0.25, 0.3) is 5.89 Å². The van der Waals surface area contributed by atoms with E-state index in [1.807, 2.05) is 24.3 Å². The summed E-state index contributed by atoms with van der Waals surface area (Å²) in [7, 11) is 0. The van der Waals surface area contributed by atoms with E-state index in [0.717, 1.165) is 11.1 Å². The van der Waals surface area contributed by atoms with E-state index in [9.17, 15) is 4.79 Å². The molecule has 1 aromatic heterocycles. The van der Waals surface area contributed by atoms with Crippen LogP contribution in [0.3, 0.4) is 0 Å². The standard InChI is InChI=1S/C16H13N3O3/c17-9-10-3-1-5-12(7-10)15-18-14(19-22-15)11-4-2-6-13(8-11)16(20)21/h1-8H,9,17H2,(H,20,21). The van der Waals surface area contributed by atoms with Gasteiger partial charge in [0.15, 0.2) is 0 Å². The fraction of sp³-hybridized carbons (Fsp3) is 0.0625. The number of nitrogens with zero attached hydrogens (tertiary/aromatic N) is 2. The first-order valence-corrected chi connectivity index (χ1v) is 6.64. The maximum absolute atomic E-state index is 11.0. The number of benzene rings is 2. The van der Waals surface area contributed by atoms with Crippen LogP contribution in [0.25, 0.3) is 22.8 Å². The molecular formula is C16H13N3O3. The van der Waals surface area contributed by atoms with Crippen LogP contribution in [-0.4, -0.2) is 21.2 Å². The second-order valence-corrected chi connectivity index (χ2v) is 4.71. The van der Waals surface area contributed by atoms with E-state index in [1.54, 1.807) is 12.1 Å². The molecule has 0 radical (unpaired) electrons. The largest absolute Gasteiger partial charge is 0.478 e. The fourth-order valence-corrected chi connectivity index (χ4v) is 2.08. The Morgan fingerprint density at radius 1 is 1.14 bits per heavy atom. The Bertz CT molecular complexity index is 827. The number of rotatable bonds is 4. The first kappa shape index (κ1) is 14.0. The van der Waals surface area contributed by atoms with Crippen molar-refractivity contribution in [3.05, 3.63) is 59.7 Å². The molecule has 6 nitrogen and oxygen atoms in total. The molecule has 0 fully saturated rings. The van der Waals surface area contributed by atoms with Crippen molar-refractivity contribution < 1.29 is 14.4 Å². The summed E-state index contributed by atoms with van der Waals surface area (Å²) in [5.41, 5.74) is 8.12. The summed E-state index contributed by atoms with van der Waals surface area (Å²) in [6, 6.07) is 13.9. The van der Waals surface area contributed by atoms with Gasteiger partial charge in [-0.1, -0.05) is 29.4 Å². The van der Waals surface area contributed by atoms with Gasteiger partial charge in [-0.25, -0.2) is 4.79 Å². The second kappa shape index (κ2) is 5.79.